The summed E-state index contributed by atoms with van der Waals surface area (Å²) in [5.41, 5.74) is -2.13. The average Bonchev–Trinajstić information content (AvgIpc) is 3.12. The first-order chi connectivity index (χ1) is 17.8. The summed E-state index contributed by atoms with van der Waals surface area (Å²) in [5.74, 6) is -1.71. The Morgan fingerprint density at radius 3 is 2.38 bits per heavy atom. The van der Waals surface area contributed by atoms with Crippen LogP contribution >= 0.6 is 0 Å². The fraction of sp³-hybridized carbons (Fsp3) is 0.759. The van der Waals surface area contributed by atoms with E-state index in [1.165, 1.54) is 0 Å². The Morgan fingerprint density at radius 2 is 1.68 bits per heavy atom. The zero-order chi connectivity index (χ0) is 26.8. The van der Waals surface area contributed by atoms with Crippen molar-refractivity contribution >= 4 is 17.7 Å². The number of unbranched alkanes of at least 4 members (excludes halogenated alkanes) is 3. The quantitative estimate of drug-likeness (QED) is 0.338. The largest absolute Gasteiger partial charge is 0.396 e. The van der Waals surface area contributed by atoms with Crippen LogP contribution in [0.1, 0.15) is 72.6 Å². The van der Waals surface area contributed by atoms with E-state index in [1.54, 1.807) is 4.90 Å². The van der Waals surface area contributed by atoms with Gasteiger partial charge in [-0.3, -0.25) is 14.4 Å². The van der Waals surface area contributed by atoms with Crippen molar-refractivity contribution in [3.8, 4) is 0 Å². The zero-order valence-electron chi connectivity index (χ0n) is 23.0. The van der Waals surface area contributed by atoms with Crippen LogP contribution in [0, 0.1) is 11.8 Å². The lowest BCUT2D eigenvalue weighted by Gasteiger charge is -2.38. The molecule has 3 amide bonds. The highest BCUT2D eigenvalue weighted by Crippen LogP contribution is 2.57. The van der Waals surface area contributed by atoms with Crippen molar-refractivity contribution in [2.45, 2.75) is 95.9 Å². The summed E-state index contributed by atoms with van der Waals surface area (Å²) in [4.78, 5) is 47.9. The van der Waals surface area contributed by atoms with Gasteiger partial charge in [0.1, 0.15) is 11.6 Å². The molecule has 8 heteroatoms. The van der Waals surface area contributed by atoms with Crippen molar-refractivity contribution in [2.24, 2.45) is 11.8 Å². The van der Waals surface area contributed by atoms with Crippen LogP contribution in [-0.2, 0) is 19.1 Å². The van der Waals surface area contributed by atoms with Gasteiger partial charge >= 0.3 is 0 Å². The highest BCUT2D eigenvalue weighted by molar-refractivity contribution is 6.00. The predicted octanol–water partition coefficient (Wildman–Crippen LogP) is 2.91. The minimum Gasteiger partial charge on any atom is -0.396 e. The first-order valence-electron chi connectivity index (χ1n) is 14.3. The van der Waals surface area contributed by atoms with Gasteiger partial charge in [-0.15, -0.1) is 0 Å². The van der Waals surface area contributed by atoms with Gasteiger partial charge in [-0.25, -0.2) is 0 Å². The van der Waals surface area contributed by atoms with Crippen LogP contribution < -0.4 is 0 Å². The van der Waals surface area contributed by atoms with Crippen LogP contribution in [0.3, 0.4) is 0 Å². The number of fused-ring (bicyclic) bond motifs is 2. The van der Waals surface area contributed by atoms with Crippen LogP contribution in [0.25, 0.3) is 0 Å². The number of rotatable bonds is 11. The Kier molecular flexibility index (Phi) is 8.48. The predicted molar refractivity (Wildman–Crippen MR) is 141 cm³/mol. The molecule has 0 aromatic carbocycles. The molecule has 0 radical (unpaired) electrons. The first kappa shape index (κ1) is 27.8. The van der Waals surface area contributed by atoms with Crippen molar-refractivity contribution < 1.29 is 24.2 Å². The van der Waals surface area contributed by atoms with E-state index in [1.807, 2.05) is 48.0 Å². The third-order valence-corrected chi connectivity index (χ3v) is 8.71. The molecule has 8 nitrogen and oxygen atoms in total. The lowest BCUT2D eigenvalue weighted by Crippen LogP contribution is -2.57. The van der Waals surface area contributed by atoms with Gasteiger partial charge in [-0.05, 0) is 39.5 Å². The molecule has 0 aromatic rings. The van der Waals surface area contributed by atoms with Gasteiger partial charge in [0.2, 0.25) is 17.7 Å². The lowest BCUT2D eigenvalue weighted by atomic mass is 9.74. The number of likely N-dealkylation sites (tertiary alicyclic amines) is 1. The number of nitrogens with zero attached hydrogens (tertiary/aromatic N) is 3. The number of aliphatic hydroxyl groups excluding tert-OH is 1. The first-order valence-corrected chi connectivity index (χ1v) is 14.3. The summed E-state index contributed by atoms with van der Waals surface area (Å²) in [5, 5.41) is 9.13. The standard InChI is InChI=1S/C29H45N3O5/c1-5-13-21(3)31-19-12-15-29-23(22-25(34)30(16-6-2)17-11-14-28(22,4)37-29)26(35)32(24(29)27(31)36)18-9-7-8-10-20-33/h11-12,14-15,21-24,33H,5-10,13,16-20H2,1-4H3/t21?,22-,23-,24?,28+,29-/m0/s1. The highest BCUT2D eigenvalue weighted by atomic mass is 16.5. The SMILES string of the molecule is CCCC(C)N1CC=C[C@]23O[C@]4(C)C=CCN(CCC)C(=O)[C@@H]4[C@H]2C(=O)N(CCCCCCO)C3C1=O. The molecule has 2 unspecified atom stereocenters. The molecule has 4 heterocycles. The van der Waals surface area contributed by atoms with Gasteiger partial charge in [0.15, 0.2) is 0 Å². The molecule has 2 fully saturated rings. The number of hydrogen-bond acceptors (Lipinski definition) is 5. The Bertz CT molecular complexity index is 935. The molecule has 37 heavy (non-hydrogen) atoms. The summed E-state index contributed by atoms with van der Waals surface area (Å²) < 4.78 is 6.87. The third kappa shape index (κ3) is 4.76. The van der Waals surface area contributed by atoms with E-state index >= 15 is 0 Å². The van der Waals surface area contributed by atoms with Gasteiger partial charge < -0.3 is 24.5 Å². The fourth-order valence-corrected chi connectivity index (χ4v) is 7.02. The fourth-order valence-electron chi connectivity index (χ4n) is 7.02. The topological polar surface area (TPSA) is 90.4 Å². The lowest BCUT2D eigenvalue weighted by molar-refractivity contribution is -0.153. The van der Waals surface area contributed by atoms with Gasteiger partial charge in [-0.1, -0.05) is 57.4 Å². The van der Waals surface area contributed by atoms with Gasteiger partial charge in [0.05, 0.1) is 17.4 Å². The Morgan fingerprint density at radius 1 is 0.946 bits per heavy atom. The molecular formula is C29H45N3O5. The second kappa shape index (κ2) is 11.3. The molecule has 0 aliphatic carbocycles. The maximum atomic E-state index is 14.3. The van der Waals surface area contributed by atoms with Gasteiger partial charge in [-0.2, -0.15) is 0 Å². The molecule has 0 saturated carbocycles. The van der Waals surface area contributed by atoms with Gasteiger partial charge in [0, 0.05) is 38.8 Å². The van der Waals surface area contributed by atoms with E-state index in [0.29, 0.717) is 26.2 Å². The second-order valence-corrected chi connectivity index (χ2v) is 11.4. The minimum absolute atomic E-state index is 0.0434. The molecule has 1 N–H and O–H groups in total. The number of carbonyl (C=O) groups excluding carboxylic acids is 3. The molecule has 1 spiro atoms. The van der Waals surface area contributed by atoms with Crippen LogP contribution in [0.2, 0.25) is 0 Å². The van der Waals surface area contributed by atoms with Crippen molar-refractivity contribution in [3.05, 3.63) is 24.3 Å². The van der Waals surface area contributed by atoms with E-state index in [-0.39, 0.29) is 30.4 Å². The van der Waals surface area contributed by atoms with E-state index in [9.17, 15) is 14.4 Å². The summed E-state index contributed by atoms with van der Waals surface area (Å²) in [7, 11) is 0. The molecule has 2 saturated heterocycles. The summed E-state index contributed by atoms with van der Waals surface area (Å²) >= 11 is 0. The van der Waals surface area contributed by atoms with Crippen LogP contribution in [-0.4, -0.2) is 93.6 Å². The molecule has 206 valence electrons. The number of aliphatic hydroxyl groups is 1. The second-order valence-electron chi connectivity index (χ2n) is 11.4. The van der Waals surface area contributed by atoms with Crippen molar-refractivity contribution in [3.63, 3.8) is 0 Å². The number of carbonyl (C=O) groups is 3. The Balaban J connectivity index is 1.75. The maximum absolute atomic E-state index is 14.3. The summed E-state index contributed by atoms with van der Waals surface area (Å²) in [6.07, 6.45) is 13.7. The average molecular weight is 516 g/mol. The molecule has 0 aromatic heterocycles. The van der Waals surface area contributed by atoms with Gasteiger partial charge in [0.25, 0.3) is 0 Å². The normalized spacial score (nSPS) is 33.9. The van der Waals surface area contributed by atoms with Crippen LogP contribution in [0.5, 0.6) is 0 Å². The van der Waals surface area contributed by atoms with E-state index in [4.69, 9.17) is 9.84 Å². The highest BCUT2D eigenvalue weighted by Gasteiger charge is 2.74. The summed E-state index contributed by atoms with van der Waals surface area (Å²) in [6.45, 7) is 10.3. The molecular weight excluding hydrogens is 470 g/mol. The number of ether oxygens (including phenoxy) is 1. The molecule has 0 bridgehead atoms. The molecule has 4 rings (SSSR count). The monoisotopic (exact) mass is 515 g/mol. The van der Waals surface area contributed by atoms with E-state index in [0.717, 1.165) is 44.9 Å². The smallest absolute Gasteiger partial charge is 0.249 e. The molecule has 6 atom stereocenters. The number of amides is 3. The Hall–Kier alpha value is -2.19. The molecule has 4 aliphatic heterocycles. The minimum atomic E-state index is -1.17. The zero-order valence-corrected chi connectivity index (χ0v) is 23.0. The van der Waals surface area contributed by atoms with Crippen LogP contribution in [0.4, 0.5) is 0 Å². The van der Waals surface area contributed by atoms with Crippen molar-refractivity contribution in [1.29, 1.82) is 0 Å². The maximum Gasteiger partial charge on any atom is 0.249 e. The van der Waals surface area contributed by atoms with Crippen molar-refractivity contribution in [2.75, 3.05) is 32.8 Å². The summed E-state index contributed by atoms with van der Waals surface area (Å²) in [6, 6.07) is -0.743. The van der Waals surface area contributed by atoms with E-state index in [2.05, 4.69) is 13.8 Å². The molecule has 4 aliphatic rings. The van der Waals surface area contributed by atoms with E-state index < -0.39 is 29.1 Å². The van der Waals surface area contributed by atoms with Crippen LogP contribution in [0.15, 0.2) is 24.3 Å². The Labute approximate surface area is 221 Å². The van der Waals surface area contributed by atoms with Crippen molar-refractivity contribution in [1.82, 2.24) is 14.7 Å². The third-order valence-electron chi connectivity index (χ3n) is 8.71. The number of hydrogen-bond donors (Lipinski definition) is 1.